The second-order valence-corrected chi connectivity index (χ2v) is 4.53. The topological polar surface area (TPSA) is 54.4 Å². The predicted octanol–water partition coefficient (Wildman–Crippen LogP) is 3.28. The highest BCUT2D eigenvalue weighted by molar-refractivity contribution is 6.30. The third-order valence-corrected chi connectivity index (χ3v) is 3.00. The van der Waals surface area contributed by atoms with E-state index in [0.717, 1.165) is 11.3 Å². The van der Waals surface area contributed by atoms with Gasteiger partial charge in [0.15, 0.2) is 0 Å². The molecule has 20 heavy (non-hydrogen) atoms. The minimum atomic E-state index is -0.262. The molecule has 0 radical (unpaired) electrons. The molecule has 1 aromatic heterocycles. The Morgan fingerprint density at radius 3 is 2.40 bits per heavy atom. The van der Waals surface area contributed by atoms with E-state index in [9.17, 15) is 4.79 Å². The van der Waals surface area contributed by atoms with E-state index in [-0.39, 0.29) is 5.91 Å². The van der Waals surface area contributed by atoms with Crippen molar-refractivity contribution in [3.8, 4) is 0 Å². The third kappa shape index (κ3) is 3.65. The van der Waals surface area contributed by atoms with Crippen LogP contribution in [0, 0.1) is 0 Å². The van der Waals surface area contributed by atoms with Gasteiger partial charge < -0.3 is 0 Å². The lowest BCUT2D eigenvalue weighted by Crippen LogP contribution is -2.19. The van der Waals surface area contributed by atoms with Gasteiger partial charge in [-0.15, -0.1) is 0 Å². The second-order valence-electron chi connectivity index (χ2n) is 4.10. The number of nitrogens with zero attached hydrogens (tertiary/aromatic N) is 2. The number of hydrogen-bond acceptors (Lipinski definition) is 3. The first-order chi connectivity index (χ1) is 9.70. The van der Waals surface area contributed by atoms with Gasteiger partial charge in [-0.25, -0.2) is 5.43 Å². The summed E-state index contributed by atoms with van der Waals surface area (Å²) in [5.41, 5.74) is 4.81. The molecule has 0 unspecified atom stereocenters. The van der Waals surface area contributed by atoms with Gasteiger partial charge in [0, 0.05) is 28.5 Å². The Labute approximate surface area is 122 Å². The van der Waals surface area contributed by atoms with Crippen molar-refractivity contribution in [1.29, 1.82) is 0 Å². The third-order valence-electron chi connectivity index (χ3n) is 2.75. The van der Waals surface area contributed by atoms with Crippen LogP contribution < -0.4 is 5.43 Å². The molecule has 1 heterocycles. The van der Waals surface area contributed by atoms with E-state index in [1.54, 1.807) is 36.7 Å². The minimum absolute atomic E-state index is 0.262. The molecule has 5 heteroatoms. The molecule has 2 aromatic rings. The van der Waals surface area contributed by atoms with Crippen molar-refractivity contribution >= 4 is 23.2 Å². The summed E-state index contributed by atoms with van der Waals surface area (Å²) in [5, 5.41) is 4.76. The van der Waals surface area contributed by atoms with Crippen LogP contribution in [-0.2, 0) is 0 Å². The zero-order chi connectivity index (χ0) is 14.4. The SMILES string of the molecule is CCC(=NNC(=O)c1ccc(Cl)cc1)c1ccncc1. The van der Waals surface area contributed by atoms with Gasteiger partial charge >= 0.3 is 0 Å². The lowest BCUT2D eigenvalue weighted by Gasteiger charge is -2.05. The molecule has 0 aliphatic heterocycles. The fourth-order valence-corrected chi connectivity index (χ4v) is 1.80. The second kappa shape index (κ2) is 6.82. The van der Waals surface area contributed by atoms with Crippen molar-refractivity contribution < 1.29 is 4.79 Å². The summed E-state index contributed by atoms with van der Waals surface area (Å²) in [4.78, 5) is 15.9. The molecule has 0 bridgehead atoms. The number of amides is 1. The molecule has 102 valence electrons. The maximum atomic E-state index is 11.9. The summed E-state index contributed by atoms with van der Waals surface area (Å²) in [7, 11) is 0. The van der Waals surface area contributed by atoms with Crippen LogP contribution in [0.15, 0.2) is 53.9 Å². The molecule has 0 saturated heterocycles. The normalized spacial score (nSPS) is 11.2. The van der Waals surface area contributed by atoms with Crippen LogP contribution in [0.5, 0.6) is 0 Å². The Kier molecular flexibility index (Phi) is 4.85. The summed E-state index contributed by atoms with van der Waals surface area (Å²) in [6.07, 6.45) is 4.11. The summed E-state index contributed by atoms with van der Waals surface area (Å²) in [6, 6.07) is 10.4. The largest absolute Gasteiger partial charge is 0.271 e. The van der Waals surface area contributed by atoms with Gasteiger partial charge in [-0.1, -0.05) is 18.5 Å². The van der Waals surface area contributed by atoms with E-state index >= 15 is 0 Å². The standard InChI is InChI=1S/C15H14ClN3O/c1-2-14(11-7-9-17-10-8-11)18-19-15(20)12-3-5-13(16)6-4-12/h3-10H,2H2,1H3,(H,19,20). The zero-order valence-electron chi connectivity index (χ0n) is 11.0. The van der Waals surface area contributed by atoms with Crippen molar-refractivity contribution in [2.75, 3.05) is 0 Å². The fourth-order valence-electron chi connectivity index (χ4n) is 1.68. The maximum absolute atomic E-state index is 11.9. The number of pyridine rings is 1. The number of carbonyl (C=O) groups is 1. The van der Waals surface area contributed by atoms with Crippen LogP contribution in [0.4, 0.5) is 0 Å². The molecule has 4 nitrogen and oxygen atoms in total. The van der Waals surface area contributed by atoms with Crippen LogP contribution >= 0.6 is 11.6 Å². The summed E-state index contributed by atoms with van der Waals surface area (Å²) in [6.45, 7) is 1.98. The van der Waals surface area contributed by atoms with Crippen molar-refractivity contribution in [3.63, 3.8) is 0 Å². The number of benzene rings is 1. The Morgan fingerprint density at radius 1 is 1.15 bits per heavy atom. The zero-order valence-corrected chi connectivity index (χ0v) is 11.8. The molecule has 0 spiro atoms. The summed E-state index contributed by atoms with van der Waals surface area (Å²) < 4.78 is 0. The van der Waals surface area contributed by atoms with Gasteiger partial charge in [0.05, 0.1) is 5.71 Å². The number of hydrogen-bond donors (Lipinski definition) is 1. The van der Waals surface area contributed by atoms with Gasteiger partial charge in [0.25, 0.3) is 5.91 Å². The van der Waals surface area contributed by atoms with Crippen LogP contribution in [0.2, 0.25) is 5.02 Å². The van der Waals surface area contributed by atoms with Gasteiger partial charge in [-0.2, -0.15) is 5.10 Å². The molecule has 2 rings (SSSR count). The minimum Gasteiger partial charge on any atom is -0.267 e. The molecule has 0 saturated carbocycles. The van der Waals surface area contributed by atoms with Gasteiger partial charge in [-0.3, -0.25) is 9.78 Å². The highest BCUT2D eigenvalue weighted by Crippen LogP contribution is 2.09. The first kappa shape index (κ1) is 14.2. The average Bonchev–Trinajstić information content (AvgIpc) is 2.49. The van der Waals surface area contributed by atoms with Crippen LogP contribution in [0.25, 0.3) is 0 Å². The highest BCUT2D eigenvalue weighted by Gasteiger charge is 2.05. The van der Waals surface area contributed by atoms with E-state index < -0.39 is 0 Å². The first-order valence-corrected chi connectivity index (χ1v) is 6.61. The molecule has 0 aliphatic rings. The monoisotopic (exact) mass is 287 g/mol. The predicted molar refractivity (Wildman–Crippen MR) is 80.0 cm³/mol. The van der Waals surface area contributed by atoms with Crippen LogP contribution in [-0.4, -0.2) is 16.6 Å². The summed E-state index contributed by atoms with van der Waals surface area (Å²) in [5.74, 6) is -0.262. The number of carbonyl (C=O) groups excluding carboxylic acids is 1. The molecule has 1 amide bonds. The Hall–Kier alpha value is -2.20. The number of rotatable bonds is 4. The molecule has 1 aromatic carbocycles. The molecule has 0 aliphatic carbocycles. The highest BCUT2D eigenvalue weighted by atomic mass is 35.5. The van der Waals surface area contributed by atoms with Crippen LogP contribution in [0.1, 0.15) is 29.3 Å². The van der Waals surface area contributed by atoms with E-state index in [4.69, 9.17) is 11.6 Å². The van der Waals surface area contributed by atoms with Gasteiger partial charge in [0.2, 0.25) is 0 Å². The van der Waals surface area contributed by atoms with E-state index in [1.165, 1.54) is 0 Å². The van der Waals surface area contributed by atoms with E-state index in [0.29, 0.717) is 17.0 Å². The fraction of sp³-hybridized carbons (Fsp3) is 0.133. The Balaban J connectivity index is 2.11. The molecular formula is C15H14ClN3O. The number of hydrazone groups is 1. The van der Waals surface area contributed by atoms with Crippen LogP contribution in [0.3, 0.4) is 0 Å². The van der Waals surface area contributed by atoms with Gasteiger partial charge in [-0.05, 0) is 42.8 Å². The Bertz CT molecular complexity index is 609. The van der Waals surface area contributed by atoms with Crippen molar-refractivity contribution in [3.05, 3.63) is 64.9 Å². The Morgan fingerprint density at radius 2 is 1.80 bits per heavy atom. The summed E-state index contributed by atoms with van der Waals surface area (Å²) >= 11 is 5.78. The lowest BCUT2D eigenvalue weighted by molar-refractivity contribution is 0.0955. The maximum Gasteiger partial charge on any atom is 0.271 e. The molecule has 0 fully saturated rings. The van der Waals surface area contributed by atoms with E-state index in [1.807, 2.05) is 19.1 Å². The molecule has 0 atom stereocenters. The number of nitrogens with one attached hydrogen (secondary N) is 1. The molecular weight excluding hydrogens is 274 g/mol. The number of aromatic nitrogens is 1. The van der Waals surface area contributed by atoms with Crippen molar-refractivity contribution in [2.45, 2.75) is 13.3 Å². The first-order valence-electron chi connectivity index (χ1n) is 6.23. The smallest absolute Gasteiger partial charge is 0.267 e. The van der Waals surface area contributed by atoms with Crippen molar-refractivity contribution in [2.24, 2.45) is 5.10 Å². The average molecular weight is 288 g/mol. The molecule has 1 N–H and O–H groups in total. The van der Waals surface area contributed by atoms with Gasteiger partial charge in [0.1, 0.15) is 0 Å². The quantitative estimate of drug-likeness (QED) is 0.693. The van der Waals surface area contributed by atoms with Crippen molar-refractivity contribution in [1.82, 2.24) is 10.4 Å². The van der Waals surface area contributed by atoms with E-state index in [2.05, 4.69) is 15.5 Å². The number of halogens is 1. The lowest BCUT2D eigenvalue weighted by atomic mass is 10.1.